The minimum absolute atomic E-state index is 0.340. The highest BCUT2D eigenvalue weighted by Crippen LogP contribution is 2.33. The number of hydrogen-bond acceptors (Lipinski definition) is 3. The van der Waals surface area contributed by atoms with Crippen molar-refractivity contribution in [3.05, 3.63) is 0 Å². The standard InChI is InChI=1S/C10H18N2O2/c13-10(14)9(8-4-5-8)11-12-6-2-1-3-7-12/h8-9,11H,1-7H2,(H,13,14). The molecule has 2 fully saturated rings. The summed E-state index contributed by atoms with van der Waals surface area (Å²) in [6.07, 6.45) is 5.78. The normalized spacial score (nSPS) is 26.0. The van der Waals surface area contributed by atoms with E-state index in [1.807, 2.05) is 0 Å². The molecule has 4 heteroatoms. The van der Waals surface area contributed by atoms with Gasteiger partial charge >= 0.3 is 5.97 Å². The van der Waals surface area contributed by atoms with Crippen molar-refractivity contribution in [1.82, 2.24) is 10.4 Å². The SMILES string of the molecule is O=C(O)C(NN1CCCCC1)C1CC1. The van der Waals surface area contributed by atoms with Crippen LogP contribution in [-0.2, 0) is 4.79 Å². The monoisotopic (exact) mass is 198 g/mol. The van der Waals surface area contributed by atoms with E-state index in [1.54, 1.807) is 0 Å². The van der Waals surface area contributed by atoms with E-state index in [1.165, 1.54) is 19.3 Å². The Morgan fingerprint density at radius 1 is 1.29 bits per heavy atom. The maximum absolute atomic E-state index is 11.0. The van der Waals surface area contributed by atoms with Crippen LogP contribution in [0, 0.1) is 5.92 Å². The molecule has 2 rings (SSSR count). The summed E-state index contributed by atoms with van der Waals surface area (Å²) >= 11 is 0. The molecule has 1 atom stereocenters. The average molecular weight is 198 g/mol. The molecule has 1 aliphatic carbocycles. The molecule has 1 heterocycles. The van der Waals surface area contributed by atoms with Crippen LogP contribution in [0.5, 0.6) is 0 Å². The molecule has 14 heavy (non-hydrogen) atoms. The zero-order valence-corrected chi connectivity index (χ0v) is 8.41. The van der Waals surface area contributed by atoms with E-state index in [0.29, 0.717) is 5.92 Å². The van der Waals surface area contributed by atoms with Crippen LogP contribution in [0.15, 0.2) is 0 Å². The Hall–Kier alpha value is -0.610. The molecule has 2 aliphatic rings. The molecule has 4 nitrogen and oxygen atoms in total. The lowest BCUT2D eigenvalue weighted by Crippen LogP contribution is -2.51. The molecule has 2 N–H and O–H groups in total. The lowest BCUT2D eigenvalue weighted by atomic mass is 10.1. The van der Waals surface area contributed by atoms with E-state index in [9.17, 15) is 4.79 Å². The van der Waals surface area contributed by atoms with E-state index < -0.39 is 5.97 Å². The van der Waals surface area contributed by atoms with Gasteiger partial charge < -0.3 is 5.11 Å². The Balaban J connectivity index is 1.82. The number of hydrogen-bond donors (Lipinski definition) is 2. The topological polar surface area (TPSA) is 52.6 Å². The summed E-state index contributed by atoms with van der Waals surface area (Å²) in [5, 5.41) is 11.1. The van der Waals surface area contributed by atoms with E-state index in [0.717, 1.165) is 25.9 Å². The minimum Gasteiger partial charge on any atom is -0.480 e. The summed E-state index contributed by atoms with van der Waals surface area (Å²) in [6, 6.07) is -0.340. The molecule has 0 aromatic rings. The maximum Gasteiger partial charge on any atom is 0.322 e. The summed E-state index contributed by atoms with van der Waals surface area (Å²) in [5.74, 6) is -0.326. The summed E-state index contributed by atoms with van der Waals surface area (Å²) in [5.41, 5.74) is 3.15. The first-order valence-electron chi connectivity index (χ1n) is 5.51. The van der Waals surface area contributed by atoms with Gasteiger partial charge in [-0.2, -0.15) is 0 Å². The number of nitrogens with one attached hydrogen (secondary N) is 1. The molecule has 1 saturated carbocycles. The highest BCUT2D eigenvalue weighted by atomic mass is 16.4. The first kappa shape index (κ1) is 9.93. The van der Waals surface area contributed by atoms with Crippen LogP contribution < -0.4 is 5.43 Å². The first-order chi connectivity index (χ1) is 6.77. The van der Waals surface area contributed by atoms with Crippen LogP contribution in [0.2, 0.25) is 0 Å². The van der Waals surface area contributed by atoms with Gasteiger partial charge in [0.2, 0.25) is 0 Å². The van der Waals surface area contributed by atoms with Crippen LogP contribution in [0.1, 0.15) is 32.1 Å². The number of carboxylic acid groups (broad SMARTS) is 1. The fourth-order valence-corrected chi connectivity index (χ4v) is 2.01. The molecule has 0 amide bonds. The van der Waals surface area contributed by atoms with Crippen molar-refractivity contribution in [2.24, 2.45) is 5.92 Å². The molecule has 0 bridgehead atoms. The van der Waals surface area contributed by atoms with Crippen molar-refractivity contribution in [1.29, 1.82) is 0 Å². The van der Waals surface area contributed by atoms with Gasteiger partial charge in [0.1, 0.15) is 6.04 Å². The van der Waals surface area contributed by atoms with Gasteiger partial charge in [-0.3, -0.25) is 4.79 Å². The van der Waals surface area contributed by atoms with Crippen LogP contribution >= 0.6 is 0 Å². The lowest BCUT2D eigenvalue weighted by Gasteiger charge is -2.30. The molecule has 0 aromatic carbocycles. The molecule has 1 aliphatic heterocycles. The Morgan fingerprint density at radius 3 is 2.43 bits per heavy atom. The van der Waals surface area contributed by atoms with Crippen LogP contribution in [0.4, 0.5) is 0 Å². The van der Waals surface area contributed by atoms with Crippen molar-refractivity contribution >= 4 is 5.97 Å². The predicted molar refractivity (Wildman–Crippen MR) is 52.7 cm³/mol. The van der Waals surface area contributed by atoms with Crippen molar-refractivity contribution in [3.8, 4) is 0 Å². The van der Waals surface area contributed by atoms with Crippen molar-refractivity contribution in [3.63, 3.8) is 0 Å². The highest BCUT2D eigenvalue weighted by Gasteiger charge is 2.37. The zero-order valence-electron chi connectivity index (χ0n) is 8.41. The third kappa shape index (κ3) is 2.45. The minimum atomic E-state index is -0.696. The van der Waals surface area contributed by atoms with Crippen molar-refractivity contribution in [2.45, 2.75) is 38.1 Å². The third-order valence-corrected chi connectivity index (χ3v) is 3.04. The van der Waals surface area contributed by atoms with Gasteiger partial charge in [-0.1, -0.05) is 6.42 Å². The van der Waals surface area contributed by atoms with Crippen LogP contribution in [0.3, 0.4) is 0 Å². The van der Waals surface area contributed by atoms with E-state index >= 15 is 0 Å². The highest BCUT2D eigenvalue weighted by molar-refractivity contribution is 5.74. The Kier molecular flexibility index (Phi) is 3.03. The molecular weight excluding hydrogens is 180 g/mol. The number of aliphatic carboxylic acids is 1. The zero-order chi connectivity index (χ0) is 9.97. The smallest absolute Gasteiger partial charge is 0.322 e. The van der Waals surface area contributed by atoms with Gasteiger partial charge in [0, 0.05) is 13.1 Å². The largest absolute Gasteiger partial charge is 0.480 e. The molecule has 0 spiro atoms. The number of carboxylic acids is 1. The predicted octanol–water partition coefficient (Wildman–Crippen LogP) is 0.840. The maximum atomic E-state index is 11.0. The van der Waals surface area contributed by atoms with E-state index in [2.05, 4.69) is 10.4 Å². The van der Waals surface area contributed by atoms with Crippen molar-refractivity contribution in [2.75, 3.05) is 13.1 Å². The second-order valence-electron chi connectivity index (χ2n) is 4.33. The number of nitrogens with zero attached hydrogens (tertiary/aromatic N) is 1. The summed E-state index contributed by atoms with van der Waals surface area (Å²) in [7, 11) is 0. The summed E-state index contributed by atoms with van der Waals surface area (Å²) < 4.78 is 0. The molecule has 1 unspecified atom stereocenters. The number of rotatable bonds is 4. The average Bonchev–Trinajstić information content (AvgIpc) is 2.99. The van der Waals surface area contributed by atoms with Gasteiger partial charge in [-0.05, 0) is 31.6 Å². The van der Waals surface area contributed by atoms with Gasteiger partial charge in [-0.15, -0.1) is 0 Å². The Bertz CT molecular complexity index is 210. The fourth-order valence-electron chi connectivity index (χ4n) is 2.01. The van der Waals surface area contributed by atoms with E-state index in [-0.39, 0.29) is 6.04 Å². The lowest BCUT2D eigenvalue weighted by molar-refractivity contribution is -0.142. The Labute approximate surface area is 84.2 Å². The molecule has 0 radical (unpaired) electrons. The summed E-state index contributed by atoms with van der Waals surface area (Å²) in [6.45, 7) is 1.99. The van der Waals surface area contributed by atoms with Gasteiger partial charge in [0.05, 0.1) is 0 Å². The molecule has 80 valence electrons. The molecule has 1 saturated heterocycles. The van der Waals surface area contributed by atoms with Crippen molar-refractivity contribution < 1.29 is 9.90 Å². The second kappa shape index (κ2) is 4.28. The Morgan fingerprint density at radius 2 is 1.93 bits per heavy atom. The van der Waals surface area contributed by atoms with Gasteiger partial charge in [-0.25, -0.2) is 10.4 Å². The van der Waals surface area contributed by atoms with E-state index in [4.69, 9.17) is 5.11 Å². The van der Waals surface area contributed by atoms with Gasteiger partial charge in [0.25, 0.3) is 0 Å². The van der Waals surface area contributed by atoms with Crippen LogP contribution in [-0.4, -0.2) is 35.2 Å². The molecule has 0 aromatic heterocycles. The second-order valence-corrected chi connectivity index (χ2v) is 4.33. The number of hydrazine groups is 1. The first-order valence-corrected chi connectivity index (χ1v) is 5.51. The third-order valence-electron chi connectivity index (χ3n) is 3.04. The fraction of sp³-hybridized carbons (Fsp3) is 0.900. The quantitative estimate of drug-likeness (QED) is 0.703. The molecular formula is C10H18N2O2. The number of piperidine rings is 1. The number of carbonyl (C=O) groups is 1. The van der Waals surface area contributed by atoms with Crippen LogP contribution in [0.25, 0.3) is 0 Å². The van der Waals surface area contributed by atoms with Gasteiger partial charge in [0.15, 0.2) is 0 Å². The summed E-state index contributed by atoms with van der Waals surface area (Å²) in [4.78, 5) is 11.0.